The van der Waals surface area contributed by atoms with Crippen molar-refractivity contribution in [2.24, 2.45) is 4.99 Å². The van der Waals surface area contributed by atoms with Crippen LogP contribution in [-0.2, 0) is 16.6 Å². The van der Waals surface area contributed by atoms with Gasteiger partial charge in [-0.05, 0) is 38.8 Å². The fourth-order valence-corrected chi connectivity index (χ4v) is 3.73. The van der Waals surface area contributed by atoms with Gasteiger partial charge in [-0.3, -0.25) is 4.98 Å². The monoisotopic (exact) mass is 535 g/mol. The van der Waals surface area contributed by atoms with Crippen LogP contribution in [-0.4, -0.2) is 54.9 Å². The Hall–Kier alpha value is -1.15. The Balaban J connectivity index is 0.00000392. The predicted molar refractivity (Wildman–Crippen MR) is 112 cm³/mol. The van der Waals surface area contributed by atoms with Crippen molar-refractivity contribution in [2.75, 3.05) is 19.6 Å². The van der Waals surface area contributed by atoms with Crippen molar-refractivity contribution in [3.63, 3.8) is 0 Å². The molecule has 0 aromatic carbocycles. The van der Waals surface area contributed by atoms with Crippen LogP contribution >= 0.6 is 24.0 Å². The summed E-state index contributed by atoms with van der Waals surface area (Å²) in [5, 5.41) is 6.24. The van der Waals surface area contributed by atoms with E-state index in [-0.39, 0.29) is 55.9 Å². The third-order valence-electron chi connectivity index (χ3n) is 4.12. The first-order valence-electron chi connectivity index (χ1n) is 8.67. The number of aryl methyl sites for hydroxylation is 1. The van der Waals surface area contributed by atoms with Crippen molar-refractivity contribution in [2.45, 2.75) is 44.8 Å². The summed E-state index contributed by atoms with van der Waals surface area (Å²) in [6.45, 7) is 4.41. The number of nitrogens with one attached hydrogen (secondary N) is 2. The number of guanidine groups is 1. The van der Waals surface area contributed by atoms with Gasteiger partial charge >= 0.3 is 15.5 Å². The van der Waals surface area contributed by atoms with E-state index in [9.17, 15) is 21.6 Å². The molecule has 2 heterocycles. The van der Waals surface area contributed by atoms with Gasteiger partial charge in [0.15, 0.2) is 5.96 Å². The average Bonchev–Trinajstić information content (AvgIpc) is 2.59. The van der Waals surface area contributed by atoms with Crippen LogP contribution in [0.4, 0.5) is 13.2 Å². The lowest BCUT2D eigenvalue weighted by atomic mass is 10.1. The molecule has 1 saturated heterocycles. The van der Waals surface area contributed by atoms with Crippen LogP contribution in [0.2, 0.25) is 0 Å². The Morgan fingerprint density at radius 2 is 1.96 bits per heavy atom. The Morgan fingerprint density at radius 1 is 1.32 bits per heavy atom. The Kier molecular flexibility index (Phi) is 9.40. The van der Waals surface area contributed by atoms with Crippen molar-refractivity contribution >= 4 is 40.0 Å². The number of hydrogen-bond donors (Lipinski definition) is 2. The number of sulfonamides is 1. The van der Waals surface area contributed by atoms with E-state index in [1.165, 1.54) is 0 Å². The van der Waals surface area contributed by atoms with E-state index in [1.807, 2.05) is 32.0 Å². The van der Waals surface area contributed by atoms with Crippen molar-refractivity contribution in [1.29, 1.82) is 0 Å². The molecule has 0 radical (unpaired) electrons. The van der Waals surface area contributed by atoms with E-state index in [1.54, 1.807) is 0 Å². The van der Waals surface area contributed by atoms with Gasteiger partial charge in [0.1, 0.15) is 0 Å². The maximum Gasteiger partial charge on any atom is 0.511 e. The zero-order chi connectivity index (χ0) is 20.1. The number of pyridine rings is 1. The highest BCUT2D eigenvalue weighted by Crippen LogP contribution is 2.28. The summed E-state index contributed by atoms with van der Waals surface area (Å²) < 4.78 is 61.3. The summed E-state index contributed by atoms with van der Waals surface area (Å²) in [6, 6.07) is 5.48. The molecular formula is C16H25F3IN5O2S. The van der Waals surface area contributed by atoms with Crippen molar-refractivity contribution in [3.8, 4) is 0 Å². The quantitative estimate of drug-likeness (QED) is 0.344. The van der Waals surface area contributed by atoms with Crippen LogP contribution in [0.5, 0.6) is 0 Å². The third-order valence-corrected chi connectivity index (χ3v) is 5.75. The molecule has 0 bridgehead atoms. The summed E-state index contributed by atoms with van der Waals surface area (Å²) in [5.74, 6) is 0.526. The Labute approximate surface area is 180 Å². The molecule has 1 aliphatic rings. The van der Waals surface area contributed by atoms with Gasteiger partial charge in [0.05, 0.1) is 12.2 Å². The SMILES string of the molecule is CCNC(=NCc1cccc(C)n1)NC1CCN(S(=O)(=O)C(F)(F)F)CC1.I. The maximum absolute atomic E-state index is 12.6. The van der Waals surface area contributed by atoms with Crippen molar-refractivity contribution < 1.29 is 21.6 Å². The average molecular weight is 535 g/mol. The van der Waals surface area contributed by atoms with E-state index < -0.39 is 15.5 Å². The molecule has 0 atom stereocenters. The van der Waals surface area contributed by atoms with E-state index >= 15 is 0 Å². The first kappa shape index (κ1) is 24.9. The van der Waals surface area contributed by atoms with Gasteiger partial charge < -0.3 is 10.6 Å². The predicted octanol–water partition coefficient (Wildman–Crippen LogP) is 2.38. The fourth-order valence-electron chi connectivity index (χ4n) is 2.75. The standard InChI is InChI=1S/C16H24F3N5O2S.HI/c1-3-20-15(21-11-14-6-4-5-12(2)22-14)23-13-7-9-24(10-8-13)27(25,26)16(17,18)19;/h4-6,13H,3,7-11H2,1-2H3,(H2,20,21,23);1H. The van der Waals surface area contributed by atoms with E-state index in [2.05, 4.69) is 20.6 Å². The molecule has 28 heavy (non-hydrogen) atoms. The molecule has 0 saturated carbocycles. The summed E-state index contributed by atoms with van der Waals surface area (Å²) in [6.07, 6.45) is 0.533. The molecule has 0 spiro atoms. The molecule has 1 fully saturated rings. The zero-order valence-corrected chi connectivity index (χ0v) is 18.8. The highest BCUT2D eigenvalue weighted by molar-refractivity contribution is 14.0. The molecule has 2 rings (SSSR count). The number of nitrogens with zero attached hydrogens (tertiary/aromatic N) is 3. The van der Waals surface area contributed by atoms with Crippen molar-refractivity contribution in [1.82, 2.24) is 19.9 Å². The zero-order valence-electron chi connectivity index (χ0n) is 15.7. The summed E-state index contributed by atoms with van der Waals surface area (Å²) >= 11 is 0. The molecular weight excluding hydrogens is 510 g/mol. The normalized spacial score (nSPS) is 17.1. The van der Waals surface area contributed by atoms with Crippen molar-refractivity contribution in [3.05, 3.63) is 29.6 Å². The topological polar surface area (TPSA) is 86.7 Å². The highest BCUT2D eigenvalue weighted by atomic mass is 127. The van der Waals surface area contributed by atoms with Crippen LogP contribution in [0.1, 0.15) is 31.2 Å². The van der Waals surface area contributed by atoms with Crippen LogP contribution in [0.15, 0.2) is 23.2 Å². The number of alkyl halides is 3. The molecule has 2 N–H and O–H groups in total. The minimum Gasteiger partial charge on any atom is -0.357 e. The molecule has 7 nitrogen and oxygen atoms in total. The number of halogens is 4. The smallest absolute Gasteiger partial charge is 0.357 e. The van der Waals surface area contributed by atoms with E-state index in [4.69, 9.17) is 0 Å². The minimum atomic E-state index is -5.26. The molecule has 1 aromatic rings. The lowest BCUT2D eigenvalue weighted by Gasteiger charge is -2.32. The molecule has 0 amide bonds. The van der Waals surface area contributed by atoms with Gasteiger partial charge in [0, 0.05) is 31.4 Å². The van der Waals surface area contributed by atoms with Crippen LogP contribution in [0, 0.1) is 6.92 Å². The summed E-state index contributed by atoms with van der Waals surface area (Å²) in [7, 11) is -5.26. The molecule has 1 aliphatic heterocycles. The molecule has 12 heteroatoms. The van der Waals surface area contributed by atoms with Gasteiger partial charge in [-0.2, -0.15) is 17.5 Å². The number of aliphatic imine (C=N–C) groups is 1. The number of rotatable bonds is 5. The molecule has 0 aliphatic carbocycles. The minimum absolute atomic E-state index is 0. The maximum atomic E-state index is 12.6. The first-order chi connectivity index (χ1) is 12.6. The number of aromatic nitrogens is 1. The van der Waals surface area contributed by atoms with E-state index in [0.717, 1.165) is 11.4 Å². The lowest BCUT2D eigenvalue weighted by molar-refractivity contribution is -0.0494. The third kappa shape index (κ3) is 6.72. The second-order valence-electron chi connectivity index (χ2n) is 6.23. The largest absolute Gasteiger partial charge is 0.511 e. The van der Waals surface area contributed by atoms with Gasteiger partial charge in [-0.15, -0.1) is 24.0 Å². The fraction of sp³-hybridized carbons (Fsp3) is 0.625. The number of hydrogen-bond acceptors (Lipinski definition) is 4. The van der Waals surface area contributed by atoms with Crippen LogP contribution in [0.25, 0.3) is 0 Å². The molecule has 160 valence electrons. The molecule has 0 unspecified atom stereocenters. The van der Waals surface area contributed by atoms with Crippen LogP contribution < -0.4 is 10.6 Å². The first-order valence-corrected chi connectivity index (χ1v) is 10.1. The second-order valence-corrected chi connectivity index (χ2v) is 8.16. The molecule has 1 aromatic heterocycles. The second kappa shape index (κ2) is 10.6. The van der Waals surface area contributed by atoms with Gasteiger partial charge in [-0.1, -0.05) is 6.07 Å². The Bertz CT molecular complexity index is 766. The summed E-state index contributed by atoms with van der Waals surface area (Å²) in [4.78, 5) is 8.82. The Morgan fingerprint density at radius 3 is 2.50 bits per heavy atom. The highest BCUT2D eigenvalue weighted by Gasteiger charge is 2.50. The lowest BCUT2D eigenvalue weighted by Crippen LogP contribution is -2.51. The van der Waals surface area contributed by atoms with Crippen LogP contribution in [0.3, 0.4) is 0 Å². The van der Waals surface area contributed by atoms with E-state index in [0.29, 0.717) is 23.4 Å². The van der Waals surface area contributed by atoms with Gasteiger partial charge in [0.2, 0.25) is 0 Å². The van der Waals surface area contributed by atoms with Gasteiger partial charge in [0.25, 0.3) is 0 Å². The van der Waals surface area contributed by atoms with Gasteiger partial charge in [-0.25, -0.2) is 13.4 Å². The summed E-state index contributed by atoms with van der Waals surface area (Å²) in [5.41, 5.74) is -3.57. The number of piperidine rings is 1.